The minimum atomic E-state index is 0.288. The van der Waals surface area contributed by atoms with E-state index < -0.39 is 0 Å². The Balaban J connectivity index is 2.15. The fourth-order valence-electron chi connectivity index (χ4n) is 1.65. The van der Waals surface area contributed by atoms with E-state index in [1.165, 1.54) is 11.1 Å². The van der Waals surface area contributed by atoms with Gasteiger partial charge in [-0.15, -0.1) is 0 Å². The lowest BCUT2D eigenvalue weighted by Gasteiger charge is -2.16. The smallest absolute Gasteiger partial charge is 0.0578 e. The molecule has 1 unspecified atom stereocenters. The maximum absolute atomic E-state index is 5.96. The molecule has 0 saturated carbocycles. The summed E-state index contributed by atoms with van der Waals surface area (Å²) in [4.78, 5) is 0. The van der Waals surface area contributed by atoms with Crippen molar-refractivity contribution in [3.63, 3.8) is 0 Å². The lowest BCUT2D eigenvalue weighted by Crippen LogP contribution is -2.07. The molecule has 0 aliphatic carbocycles. The quantitative estimate of drug-likeness (QED) is 0.790. The van der Waals surface area contributed by atoms with Gasteiger partial charge in [-0.2, -0.15) is 11.3 Å². The minimum Gasteiger partial charge on any atom is -0.397 e. The zero-order chi connectivity index (χ0) is 11.5. The van der Waals surface area contributed by atoms with E-state index in [2.05, 4.69) is 35.1 Å². The van der Waals surface area contributed by atoms with Gasteiger partial charge < -0.3 is 11.1 Å². The first-order valence-electron chi connectivity index (χ1n) is 5.31. The van der Waals surface area contributed by atoms with Crippen molar-refractivity contribution in [1.29, 1.82) is 0 Å². The van der Waals surface area contributed by atoms with Gasteiger partial charge in [0, 0.05) is 6.04 Å². The van der Waals surface area contributed by atoms with Crippen LogP contribution in [0.15, 0.2) is 35.0 Å². The summed E-state index contributed by atoms with van der Waals surface area (Å²) in [5, 5.41) is 7.67. The molecule has 0 amide bonds. The van der Waals surface area contributed by atoms with E-state index >= 15 is 0 Å². The van der Waals surface area contributed by atoms with Crippen LogP contribution in [0.5, 0.6) is 0 Å². The molecule has 0 radical (unpaired) electrons. The van der Waals surface area contributed by atoms with Gasteiger partial charge in [0.15, 0.2) is 0 Å². The van der Waals surface area contributed by atoms with Crippen LogP contribution in [0.2, 0.25) is 0 Å². The molecule has 1 heterocycles. The lowest BCUT2D eigenvalue weighted by atomic mass is 10.1. The van der Waals surface area contributed by atoms with Crippen molar-refractivity contribution in [1.82, 2.24) is 0 Å². The summed E-state index contributed by atoms with van der Waals surface area (Å²) in [5.41, 5.74) is 10.3. The van der Waals surface area contributed by atoms with Crippen molar-refractivity contribution in [3.8, 4) is 0 Å². The molecular weight excluding hydrogens is 216 g/mol. The summed E-state index contributed by atoms with van der Waals surface area (Å²) >= 11 is 1.71. The highest BCUT2D eigenvalue weighted by molar-refractivity contribution is 7.07. The third-order valence-electron chi connectivity index (χ3n) is 2.62. The molecule has 2 aromatic rings. The van der Waals surface area contributed by atoms with Crippen molar-refractivity contribution in [2.24, 2.45) is 0 Å². The van der Waals surface area contributed by atoms with Gasteiger partial charge >= 0.3 is 0 Å². The summed E-state index contributed by atoms with van der Waals surface area (Å²) in [6, 6.07) is 8.51. The van der Waals surface area contributed by atoms with Crippen LogP contribution in [0.25, 0.3) is 0 Å². The maximum Gasteiger partial charge on any atom is 0.0578 e. The number of hydrogen-bond donors (Lipinski definition) is 2. The van der Waals surface area contributed by atoms with Crippen molar-refractivity contribution < 1.29 is 0 Å². The molecule has 0 aliphatic heterocycles. The Bertz CT molecular complexity index is 463. The van der Waals surface area contributed by atoms with Crippen LogP contribution < -0.4 is 11.1 Å². The fourth-order valence-corrected chi connectivity index (χ4v) is 2.41. The SMILES string of the molecule is Cc1ccc(NC(C)c2ccsc2)c(N)c1. The van der Waals surface area contributed by atoms with E-state index in [-0.39, 0.29) is 6.04 Å². The van der Waals surface area contributed by atoms with Gasteiger partial charge in [0.05, 0.1) is 11.4 Å². The number of nitrogens with one attached hydrogen (secondary N) is 1. The van der Waals surface area contributed by atoms with Crippen molar-refractivity contribution in [2.45, 2.75) is 19.9 Å². The molecule has 2 rings (SSSR count). The fraction of sp³-hybridized carbons (Fsp3) is 0.231. The molecule has 0 bridgehead atoms. The van der Waals surface area contributed by atoms with Crippen LogP contribution in [0.4, 0.5) is 11.4 Å². The number of nitrogens with two attached hydrogens (primary N) is 1. The number of nitrogen functional groups attached to an aromatic ring is 1. The van der Waals surface area contributed by atoms with Crippen LogP contribution in [0.3, 0.4) is 0 Å². The molecule has 16 heavy (non-hydrogen) atoms. The minimum absolute atomic E-state index is 0.288. The van der Waals surface area contributed by atoms with E-state index in [0.717, 1.165) is 11.4 Å². The van der Waals surface area contributed by atoms with Crippen LogP contribution in [-0.4, -0.2) is 0 Å². The Hall–Kier alpha value is -1.48. The molecule has 1 atom stereocenters. The standard InChI is InChI=1S/C13H16N2S/c1-9-3-4-13(12(14)7-9)15-10(2)11-5-6-16-8-11/h3-8,10,15H,14H2,1-2H3. The molecule has 84 valence electrons. The number of thiophene rings is 1. The topological polar surface area (TPSA) is 38.0 Å². The Labute approximate surface area is 100 Å². The van der Waals surface area contributed by atoms with Gasteiger partial charge in [-0.3, -0.25) is 0 Å². The average Bonchev–Trinajstić information content (AvgIpc) is 2.75. The first kappa shape index (κ1) is 11.0. The predicted molar refractivity (Wildman–Crippen MR) is 71.9 cm³/mol. The second-order valence-electron chi connectivity index (χ2n) is 4.01. The number of anilines is 2. The van der Waals surface area contributed by atoms with Gasteiger partial charge in [0.1, 0.15) is 0 Å². The second kappa shape index (κ2) is 4.58. The molecule has 0 saturated heterocycles. The van der Waals surface area contributed by atoms with Crippen molar-refractivity contribution >= 4 is 22.7 Å². The first-order chi connectivity index (χ1) is 7.66. The zero-order valence-electron chi connectivity index (χ0n) is 9.53. The van der Waals surface area contributed by atoms with E-state index in [4.69, 9.17) is 5.73 Å². The number of rotatable bonds is 3. The molecule has 3 N–H and O–H groups in total. The Morgan fingerprint density at radius 2 is 2.12 bits per heavy atom. The zero-order valence-corrected chi connectivity index (χ0v) is 10.3. The number of hydrogen-bond acceptors (Lipinski definition) is 3. The largest absolute Gasteiger partial charge is 0.397 e. The number of benzene rings is 1. The molecular formula is C13H16N2S. The molecule has 2 nitrogen and oxygen atoms in total. The monoisotopic (exact) mass is 232 g/mol. The van der Waals surface area contributed by atoms with Crippen molar-refractivity contribution in [3.05, 3.63) is 46.2 Å². The lowest BCUT2D eigenvalue weighted by molar-refractivity contribution is 0.891. The van der Waals surface area contributed by atoms with E-state index in [0.29, 0.717) is 0 Å². The highest BCUT2D eigenvalue weighted by Crippen LogP contribution is 2.25. The molecule has 1 aromatic heterocycles. The van der Waals surface area contributed by atoms with Gasteiger partial charge in [0.25, 0.3) is 0 Å². The van der Waals surface area contributed by atoms with Crippen molar-refractivity contribution in [2.75, 3.05) is 11.1 Å². The molecule has 0 aliphatic rings. The van der Waals surface area contributed by atoms with Crippen LogP contribution in [0.1, 0.15) is 24.1 Å². The molecule has 1 aromatic carbocycles. The number of aryl methyl sites for hydroxylation is 1. The van der Waals surface area contributed by atoms with E-state index in [1.54, 1.807) is 11.3 Å². The van der Waals surface area contributed by atoms with Gasteiger partial charge in [-0.05, 0) is 53.9 Å². The Morgan fingerprint density at radius 3 is 2.75 bits per heavy atom. The third kappa shape index (κ3) is 2.36. The summed E-state index contributed by atoms with van der Waals surface area (Å²) in [6.45, 7) is 4.18. The average molecular weight is 232 g/mol. The van der Waals surface area contributed by atoms with E-state index in [9.17, 15) is 0 Å². The maximum atomic E-state index is 5.96. The van der Waals surface area contributed by atoms with Crippen LogP contribution in [-0.2, 0) is 0 Å². The molecule has 0 fully saturated rings. The molecule has 0 spiro atoms. The predicted octanol–water partition coefficient (Wildman–Crippen LogP) is 3.81. The van der Waals surface area contributed by atoms with Gasteiger partial charge in [-0.1, -0.05) is 6.07 Å². The first-order valence-corrected chi connectivity index (χ1v) is 6.26. The highest BCUT2D eigenvalue weighted by Gasteiger charge is 2.07. The Morgan fingerprint density at radius 1 is 1.31 bits per heavy atom. The van der Waals surface area contributed by atoms with Gasteiger partial charge in [-0.25, -0.2) is 0 Å². The Kier molecular flexibility index (Phi) is 3.15. The van der Waals surface area contributed by atoms with E-state index in [1.807, 2.05) is 19.1 Å². The third-order valence-corrected chi connectivity index (χ3v) is 3.32. The van der Waals surface area contributed by atoms with Gasteiger partial charge in [0.2, 0.25) is 0 Å². The summed E-state index contributed by atoms with van der Waals surface area (Å²) < 4.78 is 0. The van der Waals surface area contributed by atoms with Crippen LogP contribution >= 0.6 is 11.3 Å². The highest BCUT2D eigenvalue weighted by atomic mass is 32.1. The second-order valence-corrected chi connectivity index (χ2v) is 4.79. The summed E-state index contributed by atoms with van der Waals surface area (Å²) in [7, 11) is 0. The summed E-state index contributed by atoms with van der Waals surface area (Å²) in [6.07, 6.45) is 0. The van der Waals surface area contributed by atoms with Crippen LogP contribution in [0, 0.1) is 6.92 Å². The normalized spacial score (nSPS) is 12.4. The molecule has 3 heteroatoms. The summed E-state index contributed by atoms with van der Waals surface area (Å²) in [5.74, 6) is 0.